The molecule has 4 nitrogen and oxygen atoms in total. The van der Waals surface area contributed by atoms with Crippen molar-refractivity contribution in [3.8, 4) is 0 Å². The summed E-state index contributed by atoms with van der Waals surface area (Å²) < 4.78 is 40.0. The molecule has 0 aromatic heterocycles. The van der Waals surface area contributed by atoms with Crippen LogP contribution in [0.25, 0.3) is 0 Å². The highest BCUT2D eigenvalue weighted by Gasteiger charge is 2.13. The van der Waals surface area contributed by atoms with Gasteiger partial charge >= 0.3 is 0 Å². The third-order valence-electron chi connectivity index (χ3n) is 3.11. The number of halogens is 1. The van der Waals surface area contributed by atoms with E-state index in [-0.39, 0.29) is 17.3 Å². The van der Waals surface area contributed by atoms with Crippen molar-refractivity contribution in [1.82, 2.24) is 4.72 Å². The lowest BCUT2D eigenvalue weighted by Gasteiger charge is -2.08. The molecular formula is C15H17FN2O2S. The SMILES string of the molecule is NCc1ccc(S(=O)(=O)NCCc2ccccc2F)cc1. The summed E-state index contributed by atoms with van der Waals surface area (Å²) in [4.78, 5) is 0.174. The van der Waals surface area contributed by atoms with Gasteiger partial charge in [-0.2, -0.15) is 0 Å². The molecule has 0 heterocycles. The average molecular weight is 308 g/mol. The van der Waals surface area contributed by atoms with Crippen LogP contribution in [0.4, 0.5) is 4.39 Å². The van der Waals surface area contributed by atoms with Crippen LogP contribution < -0.4 is 10.5 Å². The third kappa shape index (κ3) is 4.10. The summed E-state index contributed by atoms with van der Waals surface area (Å²) in [6.45, 7) is 0.503. The zero-order valence-corrected chi connectivity index (χ0v) is 12.2. The Morgan fingerprint density at radius 1 is 1.05 bits per heavy atom. The van der Waals surface area contributed by atoms with Gasteiger partial charge in [0.15, 0.2) is 0 Å². The maximum Gasteiger partial charge on any atom is 0.240 e. The minimum atomic E-state index is -3.58. The smallest absolute Gasteiger partial charge is 0.240 e. The van der Waals surface area contributed by atoms with Crippen molar-refractivity contribution in [1.29, 1.82) is 0 Å². The molecule has 0 saturated heterocycles. The van der Waals surface area contributed by atoms with Gasteiger partial charge in [-0.05, 0) is 35.7 Å². The minimum Gasteiger partial charge on any atom is -0.326 e. The van der Waals surface area contributed by atoms with Gasteiger partial charge in [0.25, 0.3) is 0 Å². The van der Waals surface area contributed by atoms with Crippen molar-refractivity contribution in [2.45, 2.75) is 17.9 Å². The molecule has 0 aliphatic heterocycles. The van der Waals surface area contributed by atoms with Crippen molar-refractivity contribution in [3.63, 3.8) is 0 Å². The van der Waals surface area contributed by atoms with Crippen LogP contribution in [0, 0.1) is 5.82 Å². The Labute approximate surface area is 123 Å². The van der Waals surface area contributed by atoms with E-state index in [1.54, 1.807) is 30.3 Å². The van der Waals surface area contributed by atoms with E-state index >= 15 is 0 Å². The first-order valence-electron chi connectivity index (χ1n) is 6.55. The summed E-state index contributed by atoms with van der Waals surface area (Å²) >= 11 is 0. The van der Waals surface area contributed by atoms with Crippen LogP contribution in [0.1, 0.15) is 11.1 Å². The van der Waals surface area contributed by atoms with Crippen LogP contribution in [-0.2, 0) is 23.0 Å². The number of nitrogens with one attached hydrogen (secondary N) is 1. The summed E-state index contributed by atoms with van der Waals surface area (Å²) in [6.07, 6.45) is 0.298. The Kier molecular flexibility index (Phi) is 5.06. The molecule has 2 aromatic carbocycles. The van der Waals surface area contributed by atoms with Crippen molar-refractivity contribution in [3.05, 3.63) is 65.5 Å². The summed E-state index contributed by atoms with van der Waals surface area (Å²) in [6, 6.07) is 12.7. The number of sulfonamides is 1. The molecule has 2 aromatic rings. The highest BCUT2D eigenvalue weighted by molar-refractivity contribution is 7.89. The molecule has 0 spiro atoms. The maximum atomic E-state index is 13.4. The quantitative estimate of drug-likeness (QED) is 0.855. The minimum absolute atomic E-state index is 0.141. The molecule has 112 valence electrons. The van der Waals surface area contributed by atoms with Gasteiger partial charge in [-0.3, -0.25) is 0 Å². The van der Waals surface area contributed by atoms with Gasteiger partial charge in [-0.1, -0.05) is 30.3 Å². The van der Waals surface area contributed by atoms with Crippen LogP contribution in [-0.4, -0.2) is 15.0 Å². The zero-order chi connectivity index (χ0) is 15.3. The summed E-state index contributed by atoms with van der Waals surface area (Å²) in [5, 5.41) is 0. The Bertz CT molecular complexity index is 700. The first-order chi connectivity index (χ1) is 10.0. The lowest BCUT2D eigenvalue weighted by atomic mass is 10.1. The molecule has 0 amide bonds. The standard InChI is InChI=1S/C15H17FN2O2S/c16-15-4-2-1-3-13(15)9-10-18-21(19,20)14-7-5-12(11-17)6-8-14/h1-8,18H,9-11,17H2. The van der Waals surface area contributed by atoms with Crippen molar-refractivity contribution >= 4 is 10.0 Å². The number of benzene rings is 2. The topological polar surface area (TPSA) is 72.2 Å². The lowest BCUT2D eigenvalue weighted by Crippen LogP contribution is -2.26. The van der Waals surface area contributed by atoms with Gasteiger partial charge < -0.3 is 5.73 Å². The fraction of sp³-hybridized carbons (Fsp3) is 0.200. The Morgan fingerprint density at radius 3 is 2.33 bits per heavy atom. The van der Waals surface area contributed by atoms with Gasteiger partial charge in [0, 0.05) is 13.1 Å². The van der Waals surface area contributed by atoms with Gasteiger partial charge in [-0.25, -0.2) is 17.5 Å². The van der Waals surface area contributed by atoms with Crippen LogP contribution >= 0.6 is 0 Å². The zero-order valence-electron chi connectivity index (χ0n) is 11.4. The number of hydrogen-bond acceptors (Lipinski definition) is 3. The summed E-state index contributed by atoms with van der Waals surface area (Å²) in [7, 11) is -3.58. The molecule has 3 N–H and O–H groups in total. The summed E-state index contributed by atoms with van der Waals surface area (Å²) in [5.41, 5.74) is 6.81. The van der Waals surface area contributed by atoms with Crippen molar-refractivity contribution in [2.24, 2.45) is 5.73 Å². The van der Waals surface area contributed by atoms with E-state index in [0.29, 0.717) is 18.5 Å². The second kappa shape index (κ2) is 6.80. The van der Waals surface area contributed by atoms with Gasteiger partial charge in [-0.15, -0.1) is 0 Å². The van der Waals surface area contributed by atoms with Crippen LogP contribution in [0.3, 0.4) is 0 Å². The highest BCUT2D eigenvalue weighted by Crippen LogP contribution is 2.11. The maximum absolute atomic E-state index is 13.4. The predicted molar refractivity (Wildman–Crippen MR) is 79.6 cm³/mol. The molecule has 0 radical (unpaired) electrons. The Hall–Kier alpha value is -1.76. The molecule has 0 atom stereocenters. The lowest BCUT2D eigenvalue weighted by molar-refractivity contribution is 0.577. The molecule has 2 rings (SSSR count). The van der Waals surface area contributed by atoms with Gasteiger partial charge in [0.05, 0.1) is 4.90 Å². The van der Waals surface area contributed by atoms with Crippen molar-refractivity contribution in [2.75, 3.05) is 6.54 Å². The average Bonchev–Trinajstić information content (AvgIpc) is 2.49. The van der Waals surface area contributed by atoms with Gasteiger partial charge in [0.1, 0.15) is 5.82 Å². The second-order valence-electron chi connectivity index (χ2n) is 4.59. The molecule has 0 fully saturated rings. The molecule has 0 saturated carbocycles. The first kappa shape index (κ1) is 15.6. The molecular weight excluding hydrogens is 291 g/mol. The monoisotopic (exact) mass is 308 g/mol. The molecule has 21 heavy (non-hydrogen) atoms. The van der Waals surface area contributed by atoms with E-state index in [1.807, 2.05) is 0 Å². The normalized spacial score (nSPS) is 11.5. The second-order valence-corrected chi connectivity index (χ2v) is 6.35. The highest BCUT2D eigenvalue weighted by atomic mass is 32.2. The fourth-order valence-electron chi connectivity index (χ4n) is 1.91. The van der Waals surface area contributed by atoms with E-state index in [9.17, 15) is 12.8 Å². The number of hydrogen-bond donors (Lipinski definition) is 2. The van der Waals surface area contributed by atoms with E-state index in [1.165, 1.54) is 18.2 Å². The summed E-state index contributed by atoms with van der Waals surface area (Å²) in [5.74, 6) is -0.330. The fourth-order valence-corrected chi connectivity index (χ4v) is 2.94. The molecule has 0 bridgehead atoms. The van der Waals surface area contributed by atoms with Crippen LogP contribution in [0.15, 0.2) is 53.4 Å². The van der Waals surface area contributed by atoms with E-state index in [2.05, 4.69) is 4.72 Å². The molecule has 0 aliphatic rings. The Morgan fingerprint density at radius 2 is 1.71 bits per heavy atom. The molecule has 0 unspecified atom stereocenters. The largest absolute Gasteiger partial charge is 0.326 e. The number of nitrogens with two attached hydrogens (primary N) is 1. The van der Waals surface area contributed by atoms with Gasteiger partial charge in [0.2, 0.25) is 10.0 Å². The van der Waals surface area contributed by atoms with Crippen LogP contribution in [0.2, 0.25) is 0 Å². The van der Waals surface area contributed by atoms with Crippen molar-refractivity contribution < 1.29 is 12.8 Å². The van der Waals surface area contributed by atoms with E-state index in [0.717, 1.165) is 5.56 Å². The van der Waals surface area contributed by atoms with E-state index < -0.39 is 10.0 Å². The first-order valence-corrected chi connectivity index (χ1v) is 8.03. The molecule has 0 aliphatic carbocycles. The number of rotatable bonds is 6. The molecule has 6 heteroatoms. The van der Waals surface area contributed by atoms with E-state index in [4.69, 9.17) is 5.73 Å². The van der Waals surface area contributed by atoms with Crippen LogP contribution in [0.5, 0.6) is 0 Å². The third-order valence-corrected chi connectivity index (χ3v) is 4.59. The predicted octanol–water partition coefficient (Wildman–Crippen LogP) is 1.81. The Balaban J connectivity index is 1.99.